The van der Waals surface area contributed by atoms with Gasteiger partial charge in [-0.15, -0.1) is 0 Å². The molecule has 1 amide bonds. The number of ether oxygens (including phenoxy) is 1. The van der Waals surface area contributed by atoms with E-state index in [1.54, 1.807) is 18.2 Å². The van der Waals surface area contributed by atoms with Crippen LogP contribution in [0.1, 0.15) is 23.2 Å². The molecule has 1 unspecified atom stereocenters. The van der Waals surface area contributed by atoms with Crippen LogP contribution in [0.5, 0.6) is 0 Å². The van der Waals surface area contributed by atoms with Gasteiger partial charge in [-0.2, -0.15) is 4.31 Å². The van der Waals surface area contributed by atoms with Crippen molar-refractivity contribution in [2.45, 2.75) is 17.7 Å². The number of nitrogens with zero attached hydrogens (tertiary/aromatic N) is 1. The molecule has 0 bridgehead atoms. The Morgan fingerprint density at radius 1 is 1.17 bits per heavy atom. The molecule has 0 spiro atoms. The molecule has 29 heavy (non-hydrogen) atoms. The summed E-state index contributed by atoms with van der Waals surface area (Å²) in [7, 11) is -2.54. The summed E-state index contributed by atoms with van der Waals surface area (Å²) in [5.41, 5.74) is 0.728. The summed E-state index contributed by atoms with van der Waals surface area (Å²) in [5.74, 6) is -1.91. The van der Waals surface area contributed by atoms with Gasteiger partial charge in [0.15, 0.2) is 0 Å². The van der Waals surface area contributed by atoms with Gasteiger partial charge in [-0.3, -0.25) is 4.79 Å². The minimum atomic E-state index is -3.81. The molecule has 1 heterocycles. The van der Waals surface area contributed by atoms with Gasteiger partial charge in [0, 0.05) is 18.8 Å². The highest BCUT2D eigenvalue weighted by molar-refractivity contribution is 7.89. The van der Waals surface area contributed by atoms with Crippen molar-refractivity contribution in [3.8, 4) is 0 Å². The van der Waals surface area contributed by atoms with Gasteiger partial charge in [-0.1, -0.05) is 6.07 Å². The molecule has 154 valence electrons. The maximum absolute atomic E-state index is 13.1. The average Bonchev–Trinajstić information content (AvgIpc) is 2.73. The van der Waals surface area contributed by atoms with Crippen LogP contribution >= 0.6 is 0 Å². The van der Waals surface area contributed by atoms with E-state index in [0.717, 1.165) is 12.1 Å². The largest absolute Gasteiger partial charge is 0.465 e. The Morgan fingerprint density at radius 3 is 2.59 bits per heavy atom. The summed E-state index contributed by atoms with van der Waals surface area (Å²) in [6, 6.07) is 10.9. The van der Waals surface area contributed by atoms with E-state index in [1.807, 2.05) is 0 Å². The van der Waals surface area contributed by atoms with Crippen LogP contribution in [0.3, 0.4) is 0 Å². The summed E-state index contributed by atoms with van der Waals surface area (Å²) < 4.78 is 44.6. The molecule has 1 aliphatic heterocycles. The van der Waals surface area contributed by atoms with Crippen LogP contribution in [-0.2, 0) is 19.6 Å². The van der Waals surface area contributed by atoms with Crippen LogP contribution in [0.2, 0.25) is 0 Å². The third-order valence-corrected chi connectivity index (χ3v) is 6.64. The van der Waals surface area contributed by atoms with Crippen molar-refractivity contribution >= 4 is 27.6 Å². The molecular formula is C20H21FN2O5S. The molecule has 9 heteroatoms. The van der Waals surface area contributed by atoms with Crippen LogP contribution in [-0.4, -0.2) is 44.8 Å². The van der Waals surface area contributed by atoms with Crippen LogP contribution in [0, 0.1) is 11.7 Å². The zero-order valence-corrected chi connectivity index (χ0v) is 16.6. The Balaban J connectivity index is 1.71. The maximum Gasteiger partial charge on any atom is 0.337 e. The molecule has 0 radical (unpaired) electrons. The predicted molar refractivity (Wildman–Crippen MR) is 104 cm³/mol. The van der Waals surface area contributed by atoms with Gasteiger partial charge in [0.25, 0.3) is 0 Å². The lowest BCUT2D eigenvalue weighted by atomic mass is 9.98. The first-order chi connectivity index (χ1) is 13.8. The number of anilines is 1. The predicted octanol–water partition coefficient (Wildman–Crippen LogP) is 2.65. The number of esters is 1. The first kappa shape index (κ1) is 20.9. The normalized spacial score (nSPS) is 17.5. The highest BCUT2D eigenvalue weighted by Gasteiger charge is 2.33. The number of nitrogens with one attached hydrogen (secondary N) is 1. The Kier molecular flexibility index (Phi) is 6.29. The molecule has 2 aromatic rings. The number of sulfonamides is 1. The lowest BCUT2D eigenvalue weighted by molar-refractivity contribution is -0.120. The minimum absolute atomic E-state index is 0.00858. The standard InChI is InChI=1S/C20H21FN2O5S/c1-28-20(25)14-4-2-6-17(12-14)22-19(24)15-5-3-11-23(13-15)29(26,27)18-9-7-16(21)8-10-18/h2,4,6-10,12,15H,3,5,11,13H2,1H3,(H,22,24). The summed E-state index contributed by atoms with van der Waals surface area (Å²) >= 11 is 0. The number of piperidine rings is 1. The topological polar surface area (TPSA) is 92.8 Å². The molecule has 2 aromatic carbocycles. The molecule has 1 fully saturated rings. The number of halogens is 1. The zero-order chi connectivity index (χ0) is 21.0. The van der Waals surface area contributed by atoms with Crippen molar-refractivity contribution in [1.82, 2.24) is 4.31 Å². The van der Waals surface area contributed by atoms with E-state index in [0.29, 0.717) is 30.6 Å². The van der Waals surface area contributed by atoms with Crippen LogP contribution in [0.15, 0.2) is 53.4 Å². The van der Waals surface area contributed by atoms with Crippen molar-refractivity contribution in [3.05, 3.63) is 59.9 Å². The number of methoxy groups -OCH3 is 1. The first-order valence-corrected chi connectivity index (χ1v) is 10.5. The molecule has 1 saturated heterocycles. The molecule has 1 atom stereocenters. The van der Waals surface area contributed by atoms with Crippen LogP contribution in [0.4, 0.5) is 10.1 Å². The van der Waals surface area contributed by atoms with Crippen LogP contribution < -0.4 is 5.32 Å². The highest BCUT2D eigenvalue weighted by Crippen LogP contribution is 2.25. The van der Waals surface area contributed by atoms with E-state index >= 15 is 0 Å². The third-order valence-electron chi connectivity index (χ3n) is 4.76. The molecule has 0 saturated carbocycles. The SMILES string of the molecule is COC(=O)c1cccc(NC(=O)C2CCCN(S(=O)(=O)c3ccc(F)cc3)C2)c1. The number of amides is 1. The van der Waals surface area contributed by atoms with E-state index in [4.69, 9.17) is 0 Å². The number of carbonyl (C=O) groups is 2. The summed E-state index contributed by atoms with van der Waals surface area (Å²) in [4.78, 5) is 24.3. The number of hydrogen-bond acceptors (Lipinski definition) is 5. The number of rotatable bonds is 5. The quantitative estimate of drug-likeness (QED) is 0.751. The molecular weight excluding hydrogens is 399 g/mol. The smallest absolute Gasteiger partial charge is 0.337 e. The van der Waals surface area contributed by atoms with Gasteiger partial charge in [0.1, 0.15) is 5.82 Å². The Bertz CT molecular complexity index is 1010. The van der Waals surface area contributed by atoms with Crippen LogP contribution in [0.25, 0.3) is 0 Å². The third kappa shape index (κ3) is 4.80. The fourth-order valence-electron chi connectivity index (χ4n) is 3.22. The van der Waals surface area contributed by atoms with Gasteiger partial charge in [0.2, 0.25) is 15.9 Å². The van der Waals surface area contributed by atoms with Crippen molar-refractivity contribution < 1.29 is 27.1 Å². The van der Waals surface area contributed by atoms with Gasteiger partial charge >= 0.3 is 5.97 Å². The second kappa shape index (κ2) is 8.71. The molecule has 3 rings (SSSR count). The minimum Gasteiger partial charge on any atom is -0.465 e. The summed E-state index contributed by atoms with van der Waals surface area (Å²) in [5, 5.41) is 2.73. The molecule has 0 aromatic heterocycles. The van der Waals surface area contributed by atoms with Gasteiger partial charge < -0.3 is 10.1 Å². The number of hydrogen-bond donors (Lipinski definition) is 1. The Hall–Kier alpha value is -2.78. The lowest BCUT2D eigenvalue weighted by Gasteiger charge is -2.31. The fourth-order valence-corrected chi connectivity index (χ4v) is 4.74. The van der Waals surface area contributed by atoms with Gasteiger partial charge in [-0.25, -0.2) is 17.6 Å². The van der Waals surface area contributed by atoms with Crippen molar-refractivity contribution in [2.24, 2.45) is 5.92 Å². The zero-order valence-electron chi connectivity index (χ0n) is 15.8. The van der Waals surface area contributed by atoms with E-state index in [1.165, 1.54) is 29.6 Å². The van der Waals surface area contributed by atoms with Gasteiger partial charge in [0.05, 0.1) is 23.5 Å². The lowest BCUT2D eigenvalue weighted by Crippen LogP contribution is -2.43. The van der Waals surface area contributed by atoms with E-state index < -0.39 is 27.7 Å². The van der Waals surface area contributed by atoms with Crippen molar-refractivity contribution in [3.63, 3.8) is 0 Å². The average molecular weight is 420 g/mol. The Morgan fingerprint density at radius 2 is 1.90 bits per heavy atom. The van der Waals surface area contributed by atoms with Crippen molar-refractivity contribution in [2.75, 3.05) is 25.5 Å². The maximum atomic E-state index is 13.1. The monoisotopic (exact) mass is 420 g/mol. The highest BCUT2D eigenvalue weighted by atomic mass is 32.2. The Labute approximate surface area is 168 Å². The summed E-state index contributed by atoms with van der Waals surface area (Å²) in [6.45, 7) is 0.323. The van der Waals surface area contributed by atoms with E-state index in [-0.39, 0.29) is 17.3 Å². The second-order valence-electron chi connectivity index (χ2n) is 6.72. The number of carbonyl (C=O) groups excluding carboxylic acids is 2. The molecule has 1 aliphatic rings. The molecule has 7 nitrogen and oxygen atoms in total. The first-order valence-electron chi connectivity index (χ1n) is 9.06. The van der Waals surface area contributed by atoms with Crippen molar-refractivity contribution in [1.29, 1.82) is 0 Å². The van der Waals surface area contributed by atoms with E-state index in [9.17, 15) is 22.4 Å². The second-order valence-corrected chi connectivity index (χ2v) is 8.66. The fraction of sp³-hybridized carbons (Fsp3) is 0.300. The number of benzene rings is 2. The molecule has 1 N–H and O–H groups in total. The van der Waals surface area contributed by atoms with E-state index in [2.05, 4.69) is 10.1 Å². The van der Waals surface area contributed by atoms with Gasteiger partial charge in [-0.05, 0) is 55.3 Å². The summed E-state index contributed by atoms with van der Waals surface area (Å²) in [6.07, 6.45) is 1.07. The molecule has 0 aliphatic carbocycles.